The molecule has 0 radical (unpaired) electrons. The molecule has 1 aliphatic rings. The Bertz CT molecular complexity index is 336. The lowest BCUT2D eigenvalue weighted by Crippen LogP contribution is -1.86. The largest absolute Gasteiger partial charge is 0.354 e. The lowest BCUT2D eigenvalue weighted by atomic mass is 10.1. The molecule has 2 rings (SSSR count). The molecule has 1 aromatic heterocycles. The zero-order valence-corrected chi connectivity index (χ0v) is 8.19. The van der Waals surface area contributed by atoms with E-state index in [0.717, 1.165) is 10.7 Å². The third kappa shape index (κ3) is 2.08. The van der Waals surface area contributed by atoms with Crippen molar-refractivity contribution in [3.05, 3.63) is 23.0 Å². The summed E-state index contributed by atoms with van der Waals surface area (Å²) in [7, 11) is 0. The van der Waals surface area contributed by atoms with Crippen molar-refractivity contribution in [3.63, 3.8) is 0 Å². The summed E-state index contributed by atoms with van der Waals surface area (Å²) in [5, 5.41) is 0.727. The van der Waals surface area contributed by atoms with Crippen molar-refractivity contribution >= 4 is 11.6 Å². The van der Waals surface area contributed by atoms with E-state index < -0.39 is 0 Å². The molecule has 0 unspecified atom stereocenters. The fourth-order valence-corrected chi connectivity index (χ4v) is 1.86. The lowest BCUT2D eigenvalue weighted by molar-refractivity contribution is 0.712. The Labute approximate surface area is 83.5 Å². The van der Waals surface area contributed by atoms with Crippen molar-refractivity contribution in [2.24, 2.45) is 5.92 Å². The van der Waals surface area contributed by atoms with Crippen molar-refractivity contribution in [2.75, 3.05) is 0 Å². The van der Waals surface area contributed by atoms with Crippen molar-refractivity contribution in [1.29, 1.82) is 0 Å². The molecule has 0 spiro atoms. The Morgan fingerprint density at radius 3 is 2.77 bits per heavy atom. The van der Waals surface area contributed by atoms with E-state index in [9.17, 15) is 0 Å². The molecule has 0 bridgehead atoms. The summed E-state index contributed by atoms with van der Waals surface area (Å²) < 4.78 is 0. The Morgan fingerprint density at radius 2 is 2.15 bits per heavy atom. The average molecular weight is 194 g/mol. The lowest BCUT2D eigenvalue weighted by Gasteiger charge is -1.94. The van der Waals surface area contributed by atoms with Gasteiger partial charge >= 0.3 is 0 Å². The van der Waals surface area contributed by atoms with Crippen LogP contribution in [-0.2, 0) is 0 Å². The minimum atomic E-state index is 0.597. The molecule has 1 aromatic rings. The molecule has 1 aliphatic carbocycles. The Balaban J connectivity index is 2.07. The van der Waals surface area contributed by atoms with Crippen molar-refractivity contribution in [2.45, 2.75) is 25.7 Å². The molecule has 13 heavy (non-hydrogen) atoms. The summed E-state index contributed by atoms with van der Waals surface area (Å²) in [6.07, 6.45) is 6.99. The van der Waals surface area contributed by atoms with Gasteiger partial charge in [0.2, 0.25) is 0 Å². The van der Waals surface area contributed by atoms with Gasteiger partial charge in [0.05, 0.1) is 5.02 Å². The van der Waals surface area contributed by atoms with Gasteiger partial charge in [0.15, 0.2) is 0 Å². The van der Waals surface area contributed by atoms with E-state index in [2.05, 4.69) is 16.8 Å². The molecule has 1 heterocycles. The summed E-state index contributed by atoms with van der Waals surface area (Å²) in [5.74, 6) is 6.95. The highest BCUT2D eigenvalue weighted by Gasteiger charge is 2.11. The molecular weight excluding hydrogens is 182 g/mol. The van der Waals surface area contributed by atoms with E-state index in [4.69, 9.17) is 11.6 Å². The highest BCUT2D eigenvalue weighted by molar-refractivity contribution is 6.31. The molecular formula is C11H12ClN. The van der Waals surface area contributed by atoms with E-state index in [1.807, 2.05) is 12.3 Å². The maximum atomic E-state index is 5.89. The number of nitrogens with one attached hydrogen (secondary N) is 1. The first-order chi connectivity index (χ1) is 6.36. The maximum absolute atomic E-state index is 5.89. The third-order valence-corrected chi connectivity index (χ3v) is 2.77. The van der Waals surface area contributed by atoms with Crippen LogP contribution in [0.1, 0.15) is 31.4 Å². The summed E-state index contributed by atoms with van der Waals surface area (Å²) in [6.45, 7) is 0. The molecule has 1 N–H and O–H groups in total. The first kappa shape index (κ1) is 8.72. The topological polar surface area (TPSA) is 15.8 Å². The smallest absolute Gasteiger partial charge is 0.108 e. The number of halogens is 1. The molecule has 0 amide bonds. The van der Waals surface area contributed by atoms with Crippen LogP contribution in [0.25, 0.3) is 0 Å². The molecule has 0 atom stereocenters. The van der Waals surface area contributed by atoms with E-state index in [1.54, 1.807) is 0 Å². The normalized spacial score (nSPS) is 17.0. The third-order valence-electron chi connectivity index (χ3n) is 2.45. The van der Waals surface area contributed by atoms with Crippen LogP contribution in [-0.4, -0.2) is 4.98 Å². The second-order valence-corrected chi connectivity index (χ2v) is 3.86. The van der Waals surface area contributed by atoms with Crippen LogP contribution in [0.3, 0.4) is 0 Å². The maximum Gasteiger partial charge on any atom is 0.108 e. The molecule has 0 saturated heterocycles. The SMILES string of the molecule is Clc1cc[nH]c1C#CC1CCCC1. The second kappa shape index (κ2) is 3.89. The minimum absolute atomic E-state index is 0.597. The van der Waals surface area contributed by atoms with Gasteiger partial charge < -0.3 is 4.98 Å². The average Bonchev–Trinajstić information content (AvgIpc) is 2.72. The van der Waals surface area contributed by atoms with Gasteiger partial charge in [-0.05, 0) is 24.8 Å². The Hall–Kier alpha value is -0.870. The van der Waals surface area contributed by atoms with E-state index >= 15 is 0 Å². The highest BCUT2D eigenvalue weighted by atomic mass is 35.5. The van der Waals surface area contributed by atoms with Gasteiger partial charge in [-0.25, -0.2) is 0 Å². The van der Waals surface area contributed by atoms with Crippen LogP contribution in [0, 0.1) is 17.8 Å². The summed E-state index contributed by atoms with van der Waals surface area (Å²) in [6, 6.07) is 1.83. The standard InChI is InChI=1S/C11H12ClN/c12-10-7-8-13-11(10)6-5-9-3-1-2-4-9/h7-9,13H,1-4H2. The number of H-pyrrole nitrogens is 1. The molecule has 0 aliphatic heterocycles. The Morgan fingerprint density at radius 1 is 1.38 bits per heavy atom. The van der Waals surface area contributed by atoms with Crippen LogP contribution >= 0.6 is 11.6 Å². The summed E-state index contributed by atoms with van der Waals surface area (Å²) in [4.78, 5) is 3.02. The van der Waals surface area contributed by atoms with Gasteiger partial charge in [-0.3, -0.25) is 0 Å². The fourth-order valence-electron chi connectivity index (χ4n) is 1.69. The van der Waals surface area contributed by atoms with E-state index in [1.165, 1.54) is 25.7 Å². The predicted molar refractivity (Wildman–Crippen MR) is 54.6 cm³/mol. The van der Waals surface area contributed by atoms with Crippen molar-refractivity contribution in [1.82, 2.24) is 4.98 Å². The van der Waals surface area contributed by atoms with Gasteiger partial charge in [-0.2, -0.15) is 0 Å². The highest BCUT2D eigenvalue weighted by Crippen LogP contribution is 2.24. The molecule has 68 valence electrons. The first-order valence-electron chi connectivity index (χ1n) is 4.70. The first-order valence-corrected chi connectivity index (χ1v) is 5.08. The van der Waals surface area contributed by atoms with Gasteiger partial charge in [0.25, 0.3) is 0 Å². The molecule has 1 fully saturated rings. The number of aromatic nitrogens is 1. The molecule has 1 nitrogen and oxygen atoms in total. The van der Waals surface area contributed by atoms with Crippen LogP contribution in [0.4, 0.5) is 0 Å². The molecule has 1 saturated carbocycles. The number of rotatable bonds is 0. The van der Waals surface area contributed by atoms with E-state index in [-0.39, 0.29) is 0 Å². The quantitative estimate of drug-likeness (QED) is 0.609. The van der Waals surface area contributed by atoms with Crippen molar-refractivity contribution in [3.8, 4) is 11.8 Å². The van der Waals surface area contributed by atoms with Crippen LogP contribution in [0.2, 0.25) is 5.02 Å². The summed E-state index contributed by atoms with van der Waals surface area (Å²) >= 11 is 5.89. The van der Waals surface area contributed by atoms with Gasteiger partial charge in [-0.1, -0.05) is 30.4 Å². The number of hydrogen-bond acceptors (Lipinski definition) is 0. The van der Waals surface area contributed by atoms with Crippen LogP contribution < -0.4 is 0 Å². The minimum Gasteiger partial charge on any atom is -0.354 e. The van der Waals surface area contributed by atoms with Gasteiger partial charge in [-0.15, -0.1) is 0 Å². The molecule has 2 heteroatoms. The number of hydrogen-bond donors (Lipinski definition) is 1. The zero-order valence-electron chi connectivity index (χ0n) is 7.44. The Kier molecular flexibility index (Phi) is 2.61. The fraction of sp³-hybridized carbons (Fsp3) is 0.455. The van der Waals surface area contributed by atoms with Crippen LogP contribution in [0.5, 0.6) is 0 Å². The van der Waals surface area contributed by atoms with Crippen LogP contribution in [0.15, 0.2) is 12.3 Å². The predicted octanol–water partition coefficient (Wildman–Crippen LogP) is 3.21. The number of aromatic amines is 1. The molecule has 0 aromatic carbocycles. The summed E-state index contributed by atoms with van der Waals surface area (Å²) in [5.41, 5.74) is 0.855. The van der Waals surface area contributed by atoms with Crippen molar-refractivity contribution < 1.29 is 0 Å². The van der Waals surface area contributed by atoms with E-state index in [0.29, 0.717) is 5.92 Å². The van der Waals surface area contributed by atoms with Gasteiger partial charge in [0.1, 0.15) is 5.69 Å². The van der Waals surface area contributed by atoms with Gasteiger partial charge in [0, 0.05) is 12.1 Å². The zero-order chi connectivity index (χ0) is 9.10. The monoisotopic (exact) mass is 193 g/mol. The second-order valence-electron chi connectivity index (χ2n) is 3.45.